The molecule has 3 aromatic heterocycles. The molecule has 10 aromatic carbocycles. The minimum absolute atomic E-state index is 0.126. The Hall–Kier alpha value is -8.89. The summed E-state index contributed by atoms with van der Waals surface area (Å²) in [4.78, 5) is 4.90. The molecule has 0 saturated carbocycles. The number of para-hydroxylation sites is 3. The average molecular weight is 1140 g/mol. The molecule has 0 bridgehead atoms. The molecule has 5 nitrogen and oxygen atoms in total. The van der Waals surface area contributed by atoms with Crippen molar-refractivity contribution in [3.8, 4) is 84.3 Å². The van der Waals surface area contributed by atoms with E-state index >= 15 is 0 Å². The van der Waals surface area contributed by atoms with Gasteiger partial charge >= 0.3 is 364 Å². The SMILES string of the molecule is [2H]c1c([2H])c([2H])c(-c2cnc(-n3c4ccccc4c4ccc(Oc5cccc(-n6[c](=[Pt])n(-c7c(-c8ccccc8)cc8c(c7-c7ccccc7)Cc7cc(-c9ccccc9)ccc7-8)c7ccccc76)c5)cc43)cc2C)c([2H])c1[2H]. The normalized spacial score (nSPS) is 12.8. The van der Waals surface area contributed by atoms with Crippen LogP contribution in [0.25, 0.3) is 106 Å². The molecule has 0 N–H and O–H groups in total. The van der Waals surface area contributed by atoms with Crippen molar-refractivity contribution in [3.05, 3.63) is 269 Å². The summed E-state index contributed by atoms with van der Waals surface area (Å²) in [5.41, 5.74) is 19.5. The molecule has 74 heavy (non-hydrogen) atoms. The van der Waals surface area contributed by atoms with Gasteiger partial charge in [-0.15, -0.1) is 0 Å². The molecule has 13 aromatic rings. The Morgan fingerprint density at radius 1 is 0.473 bits per heavy atom. The molecule has 6 heteroatoms. The number of aryl methyl sites for hydroxylation is 1. The van der Waals surface area contributed by atoms with Crippen molar-refractivity contribution in [1.29, 1.82) is 0 Å². The summed E-state index contributed by atoms with van der Waals surface area (Å²) in [6.45, 7) is 1.88. The zero-order chi connectivity index (χ0) is 53.6. The van der Waals surface area contributed by atoms with Crippen molar-refractivity contribution < 1.29 is 30.9 Å². The molecule has 0 fully saturated rings. The van der Waals surface area contributed by atoms with Crippen LogP contribution in [0.5, 0.6) is 11.5 Å². The van der Waals surface area contributed by atoms with E-state index in [0.29, 0.717) is 22.9 Å². The second-order valence-electron chi connectivity index (χ2n) is 18.7. The smallest absolute Gasteiger partial charge is 0.0616 e. The number of fused-ring (bicyclic) bond motifs is 7. The topological polar surface area (TPSA) is 36.9 Å². The predicted octanol–water partition coefficient (Wildman–Crippen LogP) is 17.3. The van der Waals surface area contributed by atoms with Crippen LogP contribution < -0.4 is 4.74 Å². The van der Waals surface area contributed by atoms with E-state index in [1.807, 2.05) is 49.4 Å². The third-order valence-electron chi connectivity index (χ3n) is 14.4. The Morgan fingerprint density at radius 3 is 1.89 bits per heavy atom. The molecule has 0 atom stereocenters. The number of imidazole rings is 1. The Bertz CT molecular complexity index is 4680. The Labute approximate surface area is 446 Å². The molecule has 354 valence electrons. The number of rotatable bonds is 9. The van der Waals surface area contributed by atoms with Crippen molar-refractivity contribution in [2.75, 3.05) is 0 Å². The van der Waals surface area contributed by atoms with Gasteiger partial charge in [0.2, 0.25) is 0 Å². The van der Waals surface area contributed by atoms with Gasteiger partial charge in [-0.1, -0.05) is 48.4 Å². The molecular weight excluding hydrogens is 1080 g/mol. The summed E-state index contributed by atoms with van der Waals surface area (Å²) in [5, 5.41) is 2.06. The zero-order valence-electron chi connectivity index (χ0n) is 45.0. The quantitative estimate of drug-likeness (QED) is 0.144. The van der Waals surface area contributed by atoms with Crippen molar-refractivity contribution in [2.45, 2.75) is 13.3 Å². The number of pyridine rings is 1. The maximum atomic E-state index is 8.66. The van der Waals surface area contributed by atoms with Crippen LogP contribution in [0.4, 0.5) is 0 Å². The first kappa shape index (κ1) is 38.7. The van der Waals surface area contributed by atoms with Gasteiger partial charge in [0, 0.05) is 11.8 Å². The number of hydrogen-bond donors (Lipinski definition) is 0. The fourth-order valence-electron chi connectivity index (χ4n) is 11.1. The van der Waals surface area contributed by atoms with E-state index in [-0.39, 0.29) is 29.7 Å². The van der Waals surface area contributed by atoms with E-state index < -0.39 is 6.04 Å². The Balaban J connectivity index is 0.894. The van der Waals surface area contributed by atoms with Crippen molar-refractivity contribution >= 4 is 32.8 Å². The molecule has 14 rings (SSSR count). The van der Waals surface area contributed by atoms with Crippen LogP contribution in [0.3, 0.4) is 0 Å². The third kappa shape index (κ3) is 7.34. The fourth-order valence-corrected chi connectivity index (χ4v) is 12.2. The number of hydrogen-bond acceptors (Lipinski definition) is 2. The number of nitrogens with zero attached hydrogens (tertiary/aromatic N) is 4. The van der Waals surface area contributed by atoms with E-state index in [2.05, 4.69) is 203 Å². The summed E-state index contributed by atoms with van der Waals surface area (Å²) >= 11 is 2.52. The molecule has 0 amide bonds. The van der Waals surface area contributed by atoms with E-state index in [1.54, 1.807) is 6.20 Å². The average Bonchev–Trinajstić information content (AvgIpc) is 4.25. The van der Waals surface area contributed by atoms with Gasteiger partial charge in [0.25, 0.3) is 0 Å². The molecule has 0 unspecified atom stereocenters. The van der Waals surface area contributed by atoms with Gasteiger partial charge in [-0.3, -0.25) is 0 Å². The van der Waals surface area contributed by atoms with Crippen LogP contribution in [0.15, 0.2) is 249 Å². The standard InChI is InChI=1S/C68H46N4O.Pt/c1-45-37-66(69-43-61(45)48-23-10-4-11-24-48)72-62-30-15-14-29-56(62)57-36-34-54(41-65(57)72)73-53-28-18-27-52(40-53)70-44-71(64-32-17-16-31-63(64)70)68-58(47-21-8-3-9-22-47)42-59-55-35-33-50(46-19-6-2-7-20-46)38-51(55)39-60(59)67(68)49-25-12-5-13-26-49;/h2-38,40-43H,39H2,1H3;/i4D,10D,11D,23D,24D;. The predicted molar refractivity (Wildman–Crippen MR) is 299 cm³/mol. The van der Waals surface area contributed by atoms with Crippen LogP contribution >= 0.6 is 0 Å². The van der Waals surface area contributed by atoms with Gasteiger partial charge in [-0.2, -0.15) is 0 Å². The molecular formula is C68H46N4OPt. The molecule has 1 aliphatic carbocycles. The van der Waals surface area contributed by atoms with E-state index in [0.717, 1.165) is 76.7 Å². The van der Waals surface area contributed by atoms with Crippen LogP contribution in [-0.2, 0) is 25.8 Å². The molecule has 0 saturated heterocycles. The summed E-state index contributed by atoms with van der Waals surface area (Å²) in [6, 6.07) is 73.1. The fraction of sp³-hybridized carbons (Fsp3) is 0.0294. The molecule has 0 aliphatic heterocycles. The first-order valence-corrected chi connectivity index (χ1v) is 25.8. The van der Waals surface area contributed by atoms with E-state index in [4.69, 9.17) is 16.6 Å². The van der Waals surface area contributed by atoms with E-state index in [9.17, 15) is 0 Å². The Kier molecular flexibility index (Phi) is 9.42. The molecule has 0 radical (unpaired) electrons. The van der Waals surface area contributed by atoms with Crippen LogP contribution in [0.2, 0.25) is 0 Å². The van der Waals surface area contributed by atoms with Crippen molar-refractivity contribution in [3.63, 3.8) is 0 Å². The van der Waals surface area contributed by atoms with Crippen LogP contribution in [0.1, 0.15) is 23.5 Å². The molecule has 3 heterocycles. The minimum atomic E-state index is -0.427. The second kappa shape index (κ2) is 18.0. The molecule has 0 spiro atoms. The van der Waals surface area contributed by atoms with Gasteiger partial charge < -0.3 is 0 Å². The maximum absolute atomic E-state index is 8.66. The van der Waals surface area contributed by atoms with Crippen LogP contribution in [-0.4, -0.2) is 18.7 Å². The second-order valence-corrected chi connectivity index (χ2v) is 19.7. The first-order chi connectivity index (χ1) is 38.6. The summed E-state index contributed by atoms with van der Waals surface area (Å²) in [6.07, 6.45) is 2.41. The Morgan fingerprint density at radius 2 is 1.14 bits per heavy atom. The molecule has 1 aliphatic rings. The summed E-state index contributed by atoms with van der Waals surface area (Å²) in [5.74, 6) is 1.92. The number of ether oxygens (including phenoxy) is 1. The number of aromatic nitrogens is 4. The van der Waals surface area contributed by atoms with Crippen molar-refractivity contribution in [1.82, 2.24) is 18.7 Å². The summed E-state index contributed by atoms with van der Waals surface area (Å²) < 4.78 is 56.8. The van der Waals surface area contributed by atoms with Gasteiger partial charge in [-0.25, -0.2) is 0 Å². The van der Waals surface area contributed by atoms with Gasteiger partial charge in [0.05, 0.1) is 6.85 Å². The number of benzene rings is 10. The third-order valence-corrected chi connectivity index (χ3v) is 15.4. The van der Waals surface area contributed by atoms with Gasteiger partial charge in [0.15, 0.2) is 0 Å². The minimum Gasteiger partial charge on any atom is -0.0616 e. The van der Waals surface area contributed by atoms with Crippen molar-refractivity contribution in [2.24, 2.45) is 0 Å². The monoisotopic (exact) mass is 1130 g/mol. The van der Waals surface area contributed by atoms with Crippen LogP contribution in [0, 0.1) is 10.7 Å². The first-order valence-electron chi connectivity index (χ1n) is 27.1. The van der Waals surface area contributed by atoms with Gasteiger partial charge in [-0.05, 0) is 18.1 Å². The zero-order valence-corrected chi connectivity index (χ0v) is 42.3. The van der Waals surface area contributed by atoms with Gasteiger partial charge in [0.1, 0.15) is 0 Å². The van der Waals surface area contributed by atoms with E-state index in [1.165, 1.54) is 38.9 Å². The summed E-state index contributed by atoms with van der Waals surface area (Å²) in [7, 11) is 0.